The predicted molar refractivity (Wildman–Crippen MR) is 109 cm³/mol. The van der Waals surface area contributed by atoms with Crippen LogP contribution in [0.1, 0.15) is 27.8 Å². The Bertz CT molecular complexity index is 1040. The van der Waals surface area contributed by atoms with E-state index < -0.39 is 5.91 Å². The van der Waals surface area contributed by atoms with E-state index in [-0.39, 0.29) is 11.5 Å². The number of hydrogen-bond donors (Lipinski definition) is 2. The first kappa shape index (κ1) is 19.8. The minimum atomic E-state index is -0.424. The van der Waals surface area contributed by atoms with Crippen molar-refractivity contribution in [2.75, 3.05) is 24.9 Å². The van der Waals surface area contributed by atoms with Gasteiger partial charge in [-0.1, -0.05) is 12.1 Å². The van der Waals surface area contributed by atoms with E-state index in [1.807, 2.05) is 0 Å². The van der Waals surface area contributed by atoms with E-state index in [4.69, 9.17) is 9.47 Å². The Morgan fingerprint density at radius 3 is 2.45 bits per heavy atom. The van der Waals surface area contributed by atoms with Gasteiger partial charge in [0.15, 0.2) is 5.78 Å². The molecule has 0 saturated carbocycles. The summed E-state index contributed by atoms with van der Waals surface area (Å²) in [7, 11) is 3.13. The Kier molecular flexibility index (Phi) is 6.03. The molecule has 8 nitrogen and oxygen atoms in total. The van der Waals surface area contributed by atoms with Crippen molar-refractivity contribution < 1.29 is 19.1 Å². The standard InChI is InChI=1S/C21H20N4O4/c1-13(26)14-5-4-6-15(9-14)24-21(27)18-11-23-20(12-22-18)25-17-8-7-16(28-2)10-19(17)29-3/h4-12H,1-3H3,(H,23,25)(H,24,27). The fraction of sp³-hybridized carbons (Fsp3) is 0.143. The van der Waals surface area contributed by atoms with Crippen LogP contribution in [0.4, 0.5) is 17.2 Å². The van der Waals surface area contributed by atoms with E-state index in [1.165, 1.54) is 19.3 Å². The third-order valence-corrected chi connectivity index (χ3v) is 4.08. The smallest absolute Gasteiger partial charge is 0.275 e. The van der Waals surface area contributed by atoms with Gasteiger partial charge in [-0.25, -0.2) is 9.97 Å². The normalized spacial score (nSPS) is 10.2. The molecule has 0 bridgehead atoms. The molecule has 0 unspecified atom stereocenters. The number of amides is 1. The molecule has 29 heavy (non-hydrogen) atoms. The van der Waals surface area contributed by atoms with E-state index in [2.05, 4.69) is 20.6 Å². The quantitative estimate of drug-likeness (QED) is 0.591. The fourth-order valence-corrected chi connectivity index (χ4v) is 2.56. The van der Waals surface area contributed by atoms with Gasteiger partial charge >= 0.3 is 0 Å². The highest BCUT2D eigenvalue weighted by molar-refractivity contribution is 6.03. The lowest BCUT2D eigenvalue weighted by molar-refractivity contribution is 0.100. The molecule has 0 atom stereocenters. The van der Waals surface area contributed by atoms with Crippen LogP contribution in [-0.2, 0) is 0 Å². The molecule has 0 spiro atoms. The molecule has 8 heteroatoms. The van der Waals surface area contributed by atoms with Gasteiger partial charge in [-0.2, -0.15) is 0 Å². The second-order valence-electron chi connectivity index (χ2n) is 6.07. The molecule has 0 radical (unpaired) electrons. The maximum Gasteiger partial charge on any atom is 0.275 e. The highest BCUT2D eigenvalue weighted by atomic mass is 16.5. The lowest BCUT2D eigenvalue weighted by atomic mass is 10.1. The van der Waals surface area contributed by atoms with Crippen LogP contribution in [0.25, 0.3) is 0 Å². The molecule has 2 aromatic carbocycles. The average molecular weight is 392 g/mol. The number of carbonyl (C=O) groups is 2. The number of carbonyl (C=O) groups excluding carboxylic acids is 2. The zero-order valence-corrected chi connectivity index (χ0v) is 16.2. The molecule has 0 saturated heterocycles. The molecular weight excluding hydrogens is 372 g/mol. The maximum atomic E-state index is 12.4. The highest BCUT2D eigenvalue weighted by Crippen LogP contribution is 2.30. The van der Waals surface area contributed by atoms with Gasteiger partial charge < -0.3 is 20.1 Å². The molecule has 1 aromatic heterocycles. The molecule has 0 aliphatic carbocycles. The van der Waals surface area contributed by atoms with Crippen molar-refractivity contribution >= 4 is 28.9 Å². The van der Waals surface area contributed by atoms with E-state index in [9.17, 15) is 9.59 Å². The summed E-state index contributed by atoms with van der Waals surface area (Å²) in [6, 6.07) is 12.0. The van der Waals surface area contributed by atoms with E-state index in [0.29, 0.717) is 34.3 Å². The number of benzene rings is 2. The lowest BCUT2D eigenvalue weighted by Gasteiger charge is -2.12. The van der Waals surface area contributed by atoms with Crippen molar-refractivity contribution in [2.24, 2.45) is 0 Å². The van der Waals surface area contributed by atoms with Gasteiger partial charge in [0.25, 0.3) is 5.91 Å². The second kappa shape index (κ2) is 8.83. The maximum absolute atomic E-state index is 12.4. The number of ketones is 1. The molecule has 0 aliphatic rings. The molecule has 0 aliphatic heterocycles. The first-order valence-electron chi connectivity index (χ1n) is 8.73. The Morgan fingerprint density at radius 1 is 0.966 bits per heavy atom. The molecule has 148 valence electrons. The van der Waals surface area contributed by atoms with Gasteiger partial charge in [-0.3, -0.25) is 9.59 Å². The summed E-state index contributed by atoms with van der Waals surface area (Å²) in [4.78, 5) is 32.2. The first-order valence-corrected chi connectivity index (χ1v) is 8.73. The summed E-state index contributed by atoms with van der Waals surface area (Å²) in [6.07, 6.45) is 2.81. The number of nitrogens with one attached hydrogen (secondary N) is 2. The number of rotatable bonds is 7. The van der Waals surface area contributed by atoms with Crippen LogP contribution in [0.5, 0.6) is 11.5 Å². The minimum Gasteiger partial charge on any atom is -0.497 e. The Labute approximate surface area is 167 Å². The van der Waals surface area contributed by atoms with Crippen molar-refractivity contribution in [1.29, 1.82) is 0 Å². The highest BCUT2D eigenvalue weighted by Gasteiger charge is 2.11. The van der Waals surface area contributed by atoms with Crippen LogP contribution >= 0.6 is 0 Å². The zero-order valence-electron chi connectivity index (χ0n) is 16.2. The van der Waals surface area contributed by atoms with E-state index in [1.54, 1.807) is 56.7 Å². The van der Waals surface area contributed by atoms with Gasteiger partial charge in [-0.05, 0) is 31.2 Å². The van der Waals surface area contributed by atoms with Gasteiger partial charge in [-0.15, -0.1) is 0 Å². The van der Waals surface area contributed by atoms with Crippen LogP contribution in [0.15, 0.2) is 54.9 Å². The van der Waals surface area contributed by atoms with Crippen LogP contribution in [0, 0.1) is 0 Å². The number of anilines is 3. The molecule has 0 fully saturated rings. The van der Waals surface area contributed by atoms with Crippen LogP contribution in [0.3, 0.4) is 0 Å². The SMILES string of the molecule is COc1ccc(Nc2cnc(C(=O)Nc3cccc(C(C)=O)c3)cn2)c(OC)c1. The van der Waals surface area contributed by atoms with Crippen LogP contribution < -0.4 is 20.1 Å². The average Bonchev–Trinajstić information content (AvgIpc) is 2.74. The van der Waals surface area contributed by atoms with Crippen molar-refractivity contribution in [2.45, 2.75) is 6.92 Å². The van der Waals surface area contributed by atoms with Gasteiger partial charge in [0.05, 0.1) is 32.3 Å². The summed E-state index contributed by atoms with van der Waals surface area (Å²) < 4.78 is 10.5. The molecule has 3 rings (SSSR count). The summed E-state index contributed by atoms with van der Waals surface area (Å²) >= 11 is 0. The first-order chi connectivity index (χ1) is 14.0. The van der Waals surface area contributed by atoms with Crippen LogP contribution in [-0.4, -0.2) is 35.9 Å². The molecular formula is C21H20N4O4. The third kappa shape index (κ3) is 4.86. The number of nitrogens with zero attached hydrogens (tertiary/aromatic N) is 2. The zero-order chi connectivity index (χ0) is 20.8. The van der Waals surface area contributed by atoms with Gasteiger partial charge in [0.1, 0.15) is 23.0 Å². The number of hydrogen-bond acceptors (Lipinski definition) is 7. The Morgan fingerprint density at radius 2 is 1.79 bits per heavy atom. The summed E-state index contributed by atoms with van der Waals surface area (Å²) in [6.45, 7) is 1.47. The fourth-order valence-electron chi connectivity index (χ4n) is 2.56. The monoisotopic (exact) mass is 392 g/mol. The van der Waals surface area contributed by atoms with E-state index in [0.717, 1.165) is 0 Å². The van der Waals surface area contributed by atoms with Crippen molar-refractivity contribution in [3.05, 3.63) is 66.1 Å². The topological polar surface area (TPSA) is 102 Å². The number of methoxy groups -OCH3 is 2. The van der Waals surface area contributed by atoms with Gasteiger partial charge in [0, 0.05) is 17.3 Å². The van der Waals surface area contributed by atoms with Crippen molar-refractivity contribution in [1.82, 2.24) is 9.97 Å². The Hall–Kier alpha value is -3.94. The number of ether oxygens (including phenoxy) is 2. The van der Waals surface area contributed by atoms with Crippen molar-refractivity contribution in [3.63, 3.8) is 0 Å². The molecule has 1 amide bonds. The van der Waals surface area contributed by atoms with E-state index >= 15 is 0 Å². The van der Waals surface area contributed by atoms with Crippen LogP contribution in [0.2, 0.25) is 0 Å². The summed E-state index contributed by atoms with van der Waals surface area (Å²) in [5.41, 5.74) is 1.85. The predicted octanol–water partition coefficient (Wildman–Crippen LogP) is 3.69. The Balaban J connectivity index is 1.71. The second-order valence-corrected chi connectivity index (χ2v) is 6.07. The number of aromatic nitrogens is 2. The largest absolute Gasteiger partial charge is 0.497 e. The lowest BCUT2D eigenvalue weighted by Crippen LogP contribution is -2.14. The molecule has 1 heterocycles. The molecule has 2 N–H and O–H groups in total. The summed E-state index contributed by atoms with van der Waals surface area (Å²) in [5.74, 6) is 1.19. The van der Waals surface area contributed by atoms with Crippen molar-refractivity contribution in [3.8, 4) is 11.5 Å². The third-order valence-electron chi connectivity index (χ3n) is 4.08. The molecule has 3 aromatic rings. The number of Topliss-reactive ketones (excluding diaryl/α,β-unsaturated/α-hetero) is 1. The summed E-state index contributed by atoms with van der Waals surface area (Å²) in [5, 5.41) is 5.79. The van der Waals surface area contributed by atoms with Gasteiger partial charge in [0.2, 0.25) is 0 Å². The minimum absolute atomic E-state index is 0.0784.